The fraction of sp³-hybridized carbons (Fsp3) is 0.462. The summed E-state index contributed by atoms with van der Waals surface area (Å²) in [6.07, 6.45) is 4.21. The Labute approximate surface area is 100 Å². The molecule has 0 unspecified atom stereocenters. The Hall–Kier alpha value is -1.02. The van der Waals surface area contributed by atoms with Crippen LogP contribution in [0.3, 0.4) is 0 Å². The van der Waals surface area contributed by atoms with Crippen molar-refractivity contribution in [3.05, 3.63) is 34.9 Å². The fourth-order valence-electron chi connectivity index (χ4n) is 2.56. The van der Waals surface area contributed by atoms with Crippen molar-refractivity contribution in [1.29, 1.82) is 0 Å². The van der Waals surface area contributed by atoms with Crippen LogP contribution in [0.5, 0.6) is 0 Å². The molecule has 1 N–H and O–H groups in total. The first-order chi connectivity index (χ1) is 7.62. The highest BCUT2D eigenvalue weighted by Crippen LogP contribution is 2.41. The van der Waals surface area contributed by atoms with E-state index in [0.717, 1.165) is 31.2 Å². The maximum atomic E-state index is 11.4. The lowest BCUT2D eigenvalue weighted by Crippen LogP contribution is -2.30. The van der Waals surface area contributed by atoms with E-state index in [2.05, 4.69) is 0 Å². The van der Waals surface area contributed by atoms with Gasteiger partial charge in [0, 0.05) is 5.02 Å². The number of hydrogen-bond donors (Lipinski definition) is 1. The molecule has 0 aliphatic heterocycles. The van der Waals surface area contributed by atoms with E-state index in [9.17, 15) is 9.90 Å². The van der Waals surface area contributed by atoms with E-state index in [1.54, 1.807) is 0 Å². The highest BCUT2D eigenvalue weighted by molar-refractivity contribution is 6.30. The summed E-state index contributed by atoms with van der Waals surface area (Å²) in [5.41, 5.74) is 0.474. The maximum absolute atomic E-state index is 11.4. The van der Waals surface area contributed by atoms with Gasteiger partial charge in [-0.2, -0.15) is 0 Å². The van der Waals surface area contributed by atoms with Gasteiger partial charge in [0.15, 0.2) is 0 Å². The van der Waals surface area contributed by atoms with Gasteiger partial charge in [-0.1, -0.05) is 36.6 Å². The Kier molecular flexibility index (Phi) is 3.20. The summed E-state index contributed by atoms with van der Waals surface area (Å²) in [6, 6.07) is 7.51. The van der Waals surface area contributed by atoms with Gasteiger partial charge in [0.1, 0.15) is 0 Å². The predicted molar refractivity (Wildman–Crippen MR) is 63.7 cm³/mol. The lowest BCUT2D eigenvalue weighted by Gasteiger charge is -2.23. The highest BCUT2D eigenvalue weighted by Gasteiger charge is 2.41. The van der Waals surface area contributed by atoms with E-state index < -0.39 is 11.4 Å². The first kappa shape index (κ1) is 11.5. The van der Waals surface area contributed by atoms with Crippen LogP contribution in [0, 0.1) is 5.41 Å². The lowest BCUT2D eigenvalue weighted by atomic mass is 9.80. The summed E-state index contributed by atoms with van der Waals surface area (Å²) in [6.45, 7) is 0. The molecule has 1 aliphatic carbocycles. The summed E-state index contributed by atoms with van der Waals surface area (Å²) < 4.78 is 0. The van der Waals surface area contributed by atoms with Gasteiger partial charge in [0.2, 0.25) is 0 Å². The Morgan fingerprint density at radius 1 is 1.38 bits per heavy atom. The minimum atomic E-state index is -0.662. The van der Waals surface area contributed by atoms with Crippen LogP contribution in [-0.4, -0.2) is 11.1 Å². The van der Waals surface area contributed by atoms with Crippen molar-refractivity contribution in [3.63, 3.8) is 0 Å². The molecule has 0 radical (unpaired) electrons. The zero-order valence-electron chi connectivity index (χ0n) is 9.08. The number of benzene rings is 1. The zero-order chi connectivity index (χ0) is 11.6. The molecule has 0 saturated heterocycles. The number of carbonyl (C=O) groups is 1. The van der Waals surface area contributed by atoms with Crippen LogP contribution in [0.2, 0.25) is 5.02 Å². The summed E-state index contributed by atoms with van der Waals surface area (Å²) >= 11 is 5.91. The molecule has 1 aromatic rings. The number of hydrogen-bond acceptors (Lipinski definition) is 1. The zero-order valence-corrected chi connectivity index (χ0v) is 9.83. The summed E-state index contributed by atoms with van der Waals surface area (Å²) in [4.78, 5) is 11.4. The molecule has 2 nitrogen and oxygen atoms in total. The molecule has 0 aromatic heterocycles. The standard InChI is InChI=1S/C13H15ClO2/c14-11-5-3-4-10(8-11)9-13(12(15)16)6-1-2-7-13/h3-5,8H,1-2,6-7,9H2,(H,15,16). The topological polar surface area (TPSA) is 37.3 Å². The quantitative estimate of drug-likeness (QED) is 0.875. The van der Waals surface area contributed by atoms with Crippen LogP contribution in [0.25, 0.3) is 0 Å². The molecule has 2 rings (SSSR count). The first-order valence-electron chi connectivity index (χ1n) is 5.60. The second-order valence-electron chi connectivity index (χ2n) is 4.60. The number of rotatable bonds is 3. The third-order valence-electron chi connectivity index (χ3n) is 3.45. The molecule has 0 heterocycles. The van der Waals surface area contributed by atoms with Crippen molar-refractivity contribution in [2.45, 2.75) is 32.1 Å². The molecule has 1 aliphatic rings. The number of aliphatic carboxylic acids is 1. The highest BCUT2D eigenvalue weighted by atomic mass is 35.5. The van der Waals surface area contributed by atoms with E-state index in [1.807, 2.05) is 24.3 Å². The van der Waals surface area contributed by atoms with Crippen molar-refractivity contribution < 1.29 is 9.90 Å². The lowest BCUT2D eigenvalue weighted by molar-refractivity contribution is -0.148. The van der Waals surface area contributed by atoms with Gasteiger partial charge < -0.3 is 5.11 Å². The molecule has 3 heteroatoms. The SMILES string of the molecule is O=C(O)C1(Cc2cccc(Cl)c2)CCCC1. The van der Waals surface area contributed by atoms with Crippen molar-refractivity contribution in [3.8, 4) is 0 Å². The Bertz CT molecular complexity index is 395. The van der Waals surface area contributed by atoms with Gasteiger partial charge in [-0.15, -0.1) is 0 Å². The Morgan fingerprint density at radius 2 is 2.06 bits per heavy atom. The number of halogens is 1. The Balaban J connectivity index is 2.21. The number of carboxylic acid groups (broad SMARTS) is 1. The van der Waals surface area contributed by atoms with Crippen LogP contribution >= 0.6 is 11.6 Å². The molecule has 0 amide bonds. The minimum absolute atomic E-state index is 0.551. The largest absolute Gasteiger partial charge is 0.481 e. The minimum Gasteiger partial charge on any atom is -0.481 e. The van der Waals surface area contributed by atoms with Gasteiger partial charge >= 0.3 is 5.97 Å². The molecule has 86 valence electrons. The molecular weight excluding hydrogens is 224 g/mol. The van der Waals surface area contributed by atoms with E-state index in [4.69, 9.17) is 11.6 Å². The third kappa shape index (κ3) is 2.22. The average molecular weight is 239 g/mol. The second-order valence-corrected chi connectivity index (χ2v) is 5.04. The molecular formula is C13H15ClO2. The summed E-state index contributed by atoms with van der Waals surface area (Å²) in [5.74, 6) is -0.662. The van der Waals surface area contributed by atoms with Gasteiger partial charge in [-0.3, -0.25) is 4.79 Å². The first-order valence-corrected chi connectivity index (χ1v) is 5.98. The van der Waals surface area contributed by atoms with Crippen LogP contribution in [0.1, 0.15) is 31.2 Å². The summed E-state index contributed by atoms with van der Waals surface area (Å²) in [7, 11) is 0. The van der Waals surface area contributed by atoms with Crippen LogP contribution in [-0.2, 0) is 11.2 Å². The molecule has 1 aromatic carbocycles. The van der Waals surface area contributed by atoms with Gasteiger partial charge in [0.05, 0.1) is 5.41 Å². The van der Waals surface area contributed by atoms with Crippen LogP contribution < -0.4 is 0 Å². The van der Waals surface area contributed by atoms with Gasteiger partial charge in [-0.25, -0.2) is 0 Å². The van der Waals surface area contributed by atoms with Gasteiger partial charge in [0.25, 0.3) is 0 Å². The van der Waals surface area contributed by atoms with E-state index >= 15 is 0 Å². The monoisotopic (exact) mass is 238 g/mol. The second kappa shape index (κ2) is 4.46. The van der Waals surface area contributed by atoms with Crippen molar-refractivity contribution in [2.24, 2.45) is 5.41 Å². The van der Waals surface area contributed by atoms with E-state index in [1.165, 1.54) is 0 Å². The third-order valence-corrected chi connectivity index (χ3v) is 3.68. The normalized spacial score (nSPS) is 18.6. The molecule has 16 heavy (non-hydrogen) atoms. The smallest absolute Gasteiger partial charge is 0.309 e. The van der Waals surface area contributed by atoms with E-state index in [0.29, 0.717) is 11.4 Å². The molecule has 0 spiro atoms. The summed E-state index contributed by atoms with van der Waals surface area (Å²) in [5, 5.41) is 10.0. The Morgan fingerprint density at radius 3 is 2.62 bits per heavy atom. The predicted octanol–water partition coefficient (Wildman–Crippen LogP) is 3.53. The fourth-order valence-corrected chi connectivity index (χ4v) is 2.77. The van der Waals surface area contributed by atoms with Gasteiger partial charge in [-0.05, 0) is 37.0 Å². The molecule has 0 bridgehead atoms. The molecule has 1 saturated carbocycles. The number of carboxylic acids is 1. The maximum Gasteiger partial charge on any atom is 0.309 e. The molecule has 0 atom stereocenters. The van der Waals surface area contributed by atoms with Crippen molar-refractivity contribution in [2.75, 3.05) is 0 Å². The van der Waals surface area contributed by atoms with Crippen molar-refractivity contribution in [1.82, 2.24) is 0 Å². The average Bonchev–Trinajstić information content (AvgIpc) is 2.67. The van der Waals surface area contributed by atoms with Crippen molar-refractivity contribution >= 4 is 17.6 Å². The molecule has 1 fully saturated rings. The van der Waals surface area contributed by atoms with Crippen LogP contribution in [0.15, 0.2) is 24.3 Å². The van der Waals surface area contributed by atoms with E-state index in [-0.39, 0.29) is 0 Å². The van der Waals surface area contributed by atoms with Crippen LogP contribution in [0.4, 0.5) is 0 Å².